The van der Waals surface area contributed by atoms with Crippen molar-refractivity contribution in [1.82, 2.24) is 5.43 Å². The first-order valence-corrected chi connectivity index (χ1v) is 7.73. The molecule has 0 heterocycles. The lowest BCUT2D eigenvalue weighted by atomic mass is 10.2. The van der Waals surface area contributed by atoms with E-state index in [2.05, 4.69) is 10.5 Å². The van der Waals surface area contributed by atoms with Crippen LogP contribution in [0.5, 0.6) is 17.2 Å². The van der Waals surface area contributed by atoms with E-state index < -0.39 is 0 Å². The van der Waals surface area contributed by atoms with Crippen LogP contribution in [-0.4, -0.2) is 30.9 Å². The van der Waals surface area contributed by atoms with E-state index in [-0.39, 0.29) is 11.7 Å². The summed E-state index contributed by atoms with van der Waals surface area (Å²) in [6.45, 7) is 2.27. The van der Waals surface area contributed by atoms with E-state index in [1.165, 1.54) is 18.4 Å². The molecular formula is C19H20N2O4. The number of carbonyl (C=O) groups excluding carboxylic acids is 1. The number of hydrogen-bond acceptors (Lipinski definition) is 5. The number of benzene rings is 2. The lowest BCUT2D eigenvalue weighted by Gasteiger charge is -2.05. The number of ether oxygens (including phenoxy) is 2. The Labute approximate surface area is 146 Å². The second kappa shape index (κ2) is 9.12. The number of hydrazone groups is 1. The van der Waals surface area contributed by atoms with Crippen molar-refractivity contribution < 1.29 is 19.4 Å². The Morgan fingerprint density at radius 1 is 1.20 bits per heavy atom. The zero-order valence-corrected chi connectivity index (χ0v) is 14.1. The molecule has 0 radical (unpaired) electrons. The van der Waals surface area contributed by atoms with Gasteiger partial charge in [0, 0.05) is 6.08 Å². The minimum absolute atomic E-state index is 0.0606. The molecule has 2 rings (SSSR count). The summed E-state index contributed by atoms with van der Waals surface area (Å²) in [4.78, 5) is 11.8. The summed E-state index contributed by atoms with van der Waals surface area (Å²) in [5.41, 5.74) is 3.98. The zero-order valence-electron chi connectivity index (χ0n) is 14.1. The highest BCUT2D eigenvalue weighted by Gasteiger charge is 2.02. The molecule has 0 saturated carbocycles. The first-order chi connectivity index (χ1) is 12.1. The fraction of sp³-hybridized carbons (Fsp3) is 0.158. The van der Waals surface area contributed by atoms with Crippen LogP contribution < -0.4 is 14.9 Å². The highest BCUT2D eigenvalue weighted by molar-refractivity contribution is 5.92. The number of nitrogens with one attached hydrogen (secondary N) is 1. The maximum atomic E-state index is 11.8. The monoisotopic (exact) mass is 340 g/mol. The third-order valence-corrected chi connectivity index (χ3v) is 3.22. The van der Waals surface area contributed by atoms with Gasteiger partial charge < -0.3 is 14.6 Å². The highest BCUT2D eigenvalue weighted by atomic mass is 16.5. The normalized spacial score (nSPS) is 11.0. The van der Waals surface area contributed by atoms with Gasteiger partial charge in [-0.1, -0.05) is 12.1 Å². The van der Waals surface area contributed by atoms with Crippen molar-refractivity contribution in [3.63, 3.8) is 0 Å². The summed E-state index contributed by atoms with van der Waals surface area (Å²) in [5.74, 6) is 0.838. The van der Waals surface area contributed by atoms with E-state index in [1.807, 2.05) is 31.2 Å². The smallest absolute Gasteiger partial charge is 0.264 e. The topological polar surface area (TPSA) is 80.2 Å². The maximum Gasteiger partial charge on any atom is 0.264 e. The Morgan fingerprint density at radius 3 is 2.60 bits per heavy atom. The van der Waals surface area contributed by atoms with E-state index in [1.54, 1.807) is 25.3 Å². The molecule has 0 bridgehead atoms. The van der Waals surface area contributed by atoms with Crippen LogP contribution in [0.4, 0.5) is 0 Å². The Bertz CT molecular complexity index is 767. The first-order valence-electron chi connectivity index (χ1n) is 7.73. The predicted octanol–water partition coefficient (Wildman–Crippen LogP) is 2.96. The predicted molar refractivity (Wildman–Crippen MR) is 97.0 cm³/mol. The fourth-order valence-electron chi connectivity index (χ4n) is 1.98. The van der Waals surface area contributed by atoms with Crippen molar-refractivity contribution in [3.8, 4) is 17.2 Å². The molecule has 0 saturated heterocycles. The summed E-state index contributed by atoms with van der Waals surface area (Å²) in [5, 5.41) is 13.5. The number of phenolic OH excluding ortho intramolecular Hbond substituents is 1. The van der Waals surface area contributed by atoms with E-state index in [9.17, 15) is 9.90 Å². The molecule has 0 atom stereocenters. The van der Waals surface area contributed by atoms with Gasteiger partial charge in [0.25, 0.3) is 5.91 Å². The molecular weight excluding hydrogens is 320 g/mol. The van der Waals surface area contributed by atoms with Gasteiger partial charge in [0.1, 0.15) is 5.75 Å². The molecule has 0 fully saturated rings. The molecule has 0 unspecified atom stereocenters. The van der Waals surface area contributed by atoms with Crippen LogP contribution in [0.1, 0.15) is 18.1 Å². The molecule has 2 aromatic rings. The number of hydrogen-bond donors (Lipinski definition) is 2. The van der Waals surface area contributed by atoms with Crippen molar-refractivity contribution in [1.29, 1.82) is 0 Å². The van der Waals surface area contributed by atoms with E-state index in [0.717, 1.165) is 11.3 Å². The SMILES string of the molecule is CCOc1cc(/C=N/NC(=O)C=Cc2ccc(OC)cc2)ccc1O. The summed E-state index contributed by atoms with van der Waals surface area (Å²) in [6, 6.07) is 12.1. The largest absolute Gasteiger partial charge is 0.504 e. The molecule has 0 aliphatic heterocycles. The summed E-state index contributed by atoms with van der Waals surface area (Å²) in [7, 11) is 1.60. The van der Waals surface area contributed by atoms with E-state index >= 15 is 0 Å². The molecule has 0 aliphatic carbocycles. The minimum atomic E-state index is -0.351. The van der Waals surface area contributed by atoms with Crippen molar-refractivity contribution in [2.45, 2.75) is 6.92 Å². The number of methoxy groups -OCH3 is 1. The third kappa shape index (κ3) is 5.69. The molecule has 0 aromatic heterocycles. The number of amides is 1. The van der Waals surface area contributed by atoms with Crippen LogP contribution >= 0.6 is 0 Å². The first kappa shape index (κ1) is 18.1. The van der Waals surface area contributed by atoms with Crippen LogP contribution in [-0.2, 0) is 4.79 Å². The number of carbonyl (C=O) groups is 1. The van der Waals surface area contributed by atoms with Crippen molar-refractivity contribution in [2.75, 3.05) is 13.7 Å². The van der Waals surface area contributed by atoms with Crippen LogP contribution in [0.25, 0.3) is 6.08 Å². The minimum Gasteiger partial charge on any atom is -0.504 e. The van der Waals surface area contributed by atoms with Crippen molar-refractivity contribution >= 4 is 18.2 Å². The van der Waals surface area contributed by atoms with Crippen molar-refractivity contribution in [2.24, 2.45) is 5.10 Å². The fourth-order valence-corrected chi connectivity index (χ4v) is 1.98. The van der Waals surface area contributed by atoms with Crippen LogP contribution in [0, 0.1) is 0 Å². The van der Waals surface area contributed by atoms with E-state index in [4.69, 9.17) is 9.47 Å². The number of nitrogens with zero attached hydrogens (tertiary/aromatic N) is 1. The van der Waals surface area contributed by atoms with Gasteiger partial charge in [-0.2, -0.15) is 5.10 Å². The molecule has 2 N–H and O–H groups in total. The Balaban J connectivity index is 1.91. The van der Waals surface area contributed by atoms with Gasteiger partial charge in [-0.15, -0.1) is 0 Å². The second-order valence-corrected chi connectivity index (χ2v) is 5.00. The Kier molecular flexibility index (Phi) is 6.59. The number of rotatable bonds is 7. The van der Waals surface area contributed by atoms with Gasteiger partial charge in [-0.3, -0.25) is 4.79 Å². The van der Waals surface area contributed by atoms with Gasteiger partial charge in [0.2, 0.25) is 0 Å². The maximum absolute atomic E-state index is 11.8. The van der Waals surface area contributed by atoms with Crippen LogP contribution in [0.2, 0.25) is 0 Å². The standard InChI is InChI=1S/C19H20N2O4/c1-3-25-18-12-15(6-10-17(18)22)13-20-21-19(23)11-7-14-4-8-16(24-2)9-5-14/h4-13,22H,3H2,1-2H3,(H,21,23)/b11-7?,20-13+. The van der Waals surface area contributed by atoms with Gasteiger partial charge in [0.15, 0.2) is 11.5 Å². The highest BCUT2D eigenvalue weighted by Crippen LogP contribution is 2.26. The molecule has 130 valence electrons. The lowest BCUT2D eigenvalue weighted by molar-refractivity contribution is -0.116. The Hall–Kier alpha value is -3.28. The quantitative estimate of drug-likeness (QED) is 0.461. The van der Waals surface area contributed by atoms with Gasteiger partial charge in [-0.05, 0) is 54.5 Å². The molecule has 25 heavy (non-hydrogen) atoms. The average molecular weight is 340 g/mol. The van der Waals surface area contributed by atoms with Gasteiger partial charge >= 0.3 is 0 Å². The third-order valence-electron chi connectivity index (χ3n) is 3.22. The van der Waals surface area contributed by atoms with Crippen LogP contribution in [0.3, 0.4) is 0 Å². The molecule has 0 spiro atoms. The molecule has 1 amide bonds. The lowest BCUT2D eigenvalue weighted by Crippen LogP contribution is -2.14. The van der Waals surface area contributed by atoms with Gasteiger partial charge in [-0.25, -0.2) is 5.43 Å². The molecule has 0 aliphatic rings. The molecule has 6 heteroatoms. The average Bonchev–Trinajstić information content (AvgIpc) is 2.63. The van der Waals surface area contributed by atoms with E-state index in [0.29, 0.717) is 17.9 Å². The van der Waals surface area contributed by atoms with Crippen LogP contribution in [0.15, 0.2) is 53.6 Å². The second-order valence-electron chi connectivity index (χ2n) is 5.00. The molecule has 6 nitrogen and oxygen atoms in total. The van der Waals surface area contributed by atoms with Crippen molar-refractivity contribution in [3.05, 3.63) is 59.7 Å². The Morgan fingerprint density at radius 2 is 1.92 bits per heavy atom. The summed E-state index contributed by atoms with van der Waals surface area (Å²) in [6.07, 6.45) is 4.54. The summed E-state index contributed by atoms with van der Waals surface area (Å²) < 4.78 is 10.4. The summed E-state index contributed by atoms with van der Waals surface area (Å²) >= 11 is 0. The molecule has 2 aromatic carbocycles. The zero-order chi connectivity index (χ0) is 18.1. The van der Waals surface area contributed by atoms with Gasteiger partial charge in [0.05, 0.1) is 19.9 Å². The number of phenols is 1. The number of aromatic hydroxyl groups is 1.